The van der Waals surface area contributed by atoms with Crippen LogP contribution < -0.4 is 0 Å². The molecule has 8 rings (SSSR count). The molecule has 0 saturated heterocycles. The van der Waals surface area contributed by atoms with Crippen molar-refractivity contribution in [2.24, 2.45) is 0 Å². The van der Waals surface area contributed by atoms with Crippen molar-refractivity contribution in [1.82, 2.24) is 19.9 Å². The summed E-state index contributed by atoms with van der Waals surface area (Å²) in [6.07, 6.45) is 0. The van der Waals surface area contributed by atoms with Crippen LogP contribution in [0.5, 0.6) is 0 Å². The zero-order valence-corrected chi connectivity index (χ0v) is 34.2. The first-order chi connectivity index (χ1) is 26.5. The van der Waals surface area contributed by atoms with Crippen LogP contribution in [-0.2, 0) is 0 Å². The summed E-state index contributed by atoms with van der Waals surface area (Å²) in [5, 5.41) is 0.0588. The van der Waals surface area contributed by atoms with Crippen LogP contribution in [0.15, 0.2) is 78.6 Å². The Morgan fingerprint density at radius 2 is 0.554 bits per heavy atom. The van der Waals surface area contributed by atoms with Gasteiger partial charge in [-0.2, -0.15) is 0 Å². The van der Waals surface area contributed by atoms with Gasteiger partial charge in [0.1, 0.15) is 0 Å². The maximum Gasteiger partial charge on any atom is 0.200 e. The summed E-state index contributed by atoms with van der Waals surface area (Å²) >= 11 is 12.8. The van der Waals surface area contributed by atoms with E-state index in [0.29, 0.717) is 0 Å². The second-order valence-corrected chi connectivity index (χ2v) is 14.9. The van der Waals surface area contributed by atoms with E-state index >= 15 is 0 Å². The fourth-order valence-corrected chi connectivity index (χ4v) is 7.24. The number of hydrogen-bond donors (Lipinski definition) is 0. The molecule has 0 fully saturated rings. The molecule has 0 aliphatic rings. The van der Waals surface area contributed by atoms with Crippen LogP contribution in [0.25, 0.3) is 55.6 Å². The van der Waals surface area contributed by atoms with Gasteiger partial charge in [0, 0.05) is 10.8 Å². The first kappa shape index (κ1) is 41.4. The molecule has 2 heterocycles. The molecule has 0 unspecified atom stereocenters. The molecule has 56 heavy (non-hydrogen) atoms. The van der Waals surface area contributed by atoms with Crippen molar-refractivity contribution in [2.45, 2.75) is 13.8 Å². The van der Waals surface area contributed by atoms with E-state index in [1.165, 1.54) is 11.1 Å². The molecule has 0 bridgehead atoms. The predicted molar refractivity (Wildman–Crippen MR) is 205 cm³/mol. The summed E-state index contributed by atoms with van der Waals surface area (Å²) in [5.41, 5.74) is -0.855. The standard InChI is InChI=1S/C24Br4F10N4.2C7H8/c25-5-7(27)21-2-1-19(5)39-23(3-9(29)13(33)17(37)14(34)10(3)30)40-20(1)6(26)8(28)22(2)42-24(41-21)4-11(31)15(35)18(38)16(36)12(4)32;2*1-7-5-3-2-4-6-7/h;2*2-6H,1H3. The Morgan fingerprint density at radius 1 is 0.339 bits per heavy atom. The Kier molecular flexibility index (Phi) is 12.0. The minimum atomic E-state index is -2.39. The van der Waals surface area contributed by atoms with E-state index in [1.54, 1.807) is 0 Å². The van der Waals surface area contributed by atoms with Gasteiger partial charge < -0.3 is 0 Å². The number of benzene rings is 6. The SMILES string of the molecule is Cc1ccccc1.Cc1ccccc1.Fc1c(F)c(F)c(-c2nc3c(Br)c(Br)c4nc(-c5c(F)c(F)c(F)c(F)c5F)nc5c(Br)c(Br)c(n2)c3c45)c(F)c1F. The maximum atomic E-state index is 14.7. The zero-order chi connectivity index (χ0) is 40.9. The second-order valence-electron chi connectivity index (χ2n) is 11.7. The van der Waals surface area contributed by atoms with Crippen LogP contribution in [0.1, 0.15) is 11.1 Å². The van der Waals surface area contributed by atoms with Crippen molar-refractivity contribution >= 4 is 96.6 Å². The van der Waals surface area contributed by atoms with Crippen LogP contribution in [0.2, 0.25) is 0 Å². The van der Waals surface area contributed by atoms with E-state index in [-0.39, 0.29) is 50.7 Å². The lowest BCUT2D eigenvalue weighted by Crippen LogP contribution is -2.08. The number of aryl methyl sites for hydroxylation is 2. The van der Waals surface area contributed by atoms with Gasteiger partial charge in [-0.15, -0.1) is 0 Å². The van der Waals surface area contributed by atoms with Crippen molar-refractivity contribution < 1.29 is 43.9 Å². The molecule has 6 aromatic carbocycles. The van der Waals surface area contributed by atoms with Gasteiger partial charge in [0.2, 0.25) is 11.6 Å². The average molecular weight is 1040 g/mol. The largest absolute Gasteiger partial charge is 0.226 e. The molecule has 0 saturated carbocycles. The van der Waals surface area contributed by atoms with E-state index in [2.05, 4.69) is 122 Å². The van der Waals surface area contributed by atoms with Crippen molar-refractivity contribution in [1.29, 1.82) is 0 Å². The second kappa shape index (κ2) is 16.3. The van der Waals surface area contributed by atoms with E-state index in [9.17, 15) is 43.9 Å². The third-order valence-corrected chi connectivity index (χ3v) is 12.2. The summed E-state index contributed by atoms with van der Waals surface area (Å²) in [5.74, 6) is -24.3. The fraction of sp³-hybridized carbons (Fsp3) is 0.0526. The molecular formula is C38H16Br4F10N4. The van der Waals surface area contributed by atoms with E-state index in [0.717, 1.165) is 0 Å². The van der Waals surface area contributed by atoms with Gasteiger partial charge >= 0.3 is 0 Å². The van der Waals surface area contributed by atoms with Crippen molar-refractivity contribution in [3.8, 4) is 22.8 Å². The molecule has 0 atom stereocenters. The first-order valence-corrected chi connectivity index (χ1v) is 18.7. The molecule has 0 aliphatic heterocycles. The van der Waals surface area contributed by atoms with E-state index in [1.807, 2.05) is 36.4 Å². The van der Waals surface area contributed by atoms with E-state index in [4.69, 9.17) is 0 Å². The lowest BCUT2D eigenvalue weighted by molar-refractivity contribution is 0.381. The monoisotopic (exact) mass is 1030 g/mol. The number of nitrogens with zero attached hydrogens (tertiary/aromatic N) is 4. The van der Waals surface area contributed by atoms with Gasteiger partial charge in [-0.25, -0.2) is 63.8 Å². The lowest BCUT2D eigenvalue weighted by atomic mass is 10.0. The Morgan fingerprint density at radius 3 is 0.750 bits per heavy atom. The summed E-state index contributed by atoms with van der Waals surface area (Å²) in [4.78, 5) is 16.1. The van der Waals surface area contributed by atoms with Crippen LogP contribution in [-0.4, -0.2) is 19.9 Å². The Bertz CT molecular complexity index is 2500. The van der Waals surface area contributed by atoms with Crippen molar-refractivity contribution in [3.05, 3.63) is 148 Å². The van der Waals surface area contributed by atoms with Gasteiger partial charge in [-0.1, -0.05) is 71.8 Å². The molecule has 2 aromatic heterocycles. The average Bonchev–Trinajstić information content (AvgIpc) is 3.19. The molecular weight excluding hydrogens is 1020 g/mol. The minimum Gasteiger partial charge on any atom is -0.226 e. The summed E-state index contributed by atoms with van der Waals surface area (Å²) in [7, 11) is 0. The Labute approximate surface area is 342 Å². The highest BCUT2D eigenvalue weighted by atomic mass is 79.9. The third-order valence-electron chi connectivity index (χ3n) is 8.03. The molecule has 0 aliphatic carbocycles. The lowest BCUT2D eigenvalue weighted by Gasteiger charge is -2.18. The van der Waals surface area contributed by atoms with Gasteiger partial charge in [0.25, 0.3) is 0 Å². The number of aromatic nitrogens is 4. The molecule has 286 valence electrons. The number of rotatable bonds is 2. The highest BCUT2D eigenvalue weighted by Crippen LogP contribution is 2.48. The van der Waals surface area contributed by atoms with Crippen LogP contribution in [0.4, 0.5) is 43.9 Å². The zero-order valence-electron chi connectivity index (χ0n) is 27.9. The predicted octanol–water partition coefficient (Wildman–Crippen LogP) is 13.9. The highest BCUT2D eigenvalue weighted by molar-refractivity contribution is 9.13. The highest BCUT2D eigenvalue weighted by Gasteiger charge is 2.33. The molecule has 0 N–H and O–H groups in total. The number of halogens is 14. The molecule has 0 amide bonds. The van der Waals surface area contributed by atoms with Crippen molar-refractivity contribution in [2.75, 3.05) is 0 Å². The first-order valence-electron chi connectivity index (χ1n) is 15.5. The fourth-order valence-electron chi connectivity index (χ4n) is 5.34. The summed E-state index contributed by atoms with van der Waals surface area (Å²) in [6.45, 7) is 4.17. The van der Waals surface area contributed by atoms with E-state index < -0.39 is 80.9 Å². The number of hydrogen-bond acceptors (Lipinski definition) is 4. The molecule has 0 radical (unpaired) electrons. The summed E-state index contributed by atoms with van der Waals surface area (Å²) in [6, 6.07) is 20.5. The summed E-state index contributed by atoms with van der Waals surface area (Å²) < 4.78 is 142. The normalized spacial score (nSPS) is 11.2. The smallest absolute Gasteiger partial charge is 0.200 e. The van der Waals surface area contributed by atoms with Crippen molar-refractivity contribution in [3.63, 3.8) is 0 Å². The quantitative estimate of drug-likeness (QED) is 0.0749. The molecule has 8 aromatic rings. The maximum absolute atomic E-state index is 14.7. The Balaban J connectivity index is 0.000000317. The van der Waals surface area contributed by atoms with Crippen LogP contribution in [0.3, 0.4) is 0 Å². The Hall–Kier alpha value is -4.26. The molecule has 0 spiro atoms. The topological polar surface area (TPSA) is 51.6 Å². The third kappa shape index (κ3) is 7.24. The van der Waals surface area contributed by atoms with Gasteiger partial charge in [-0.05, 0) is 77.6 Å². The van der Waals surface area contributed by atoms with Gasteiger partial charge in [-0.3, -0.25) is 0 Å². The van der Waals surface area contributed by atoms with Crippen LogP contribution in [0, 0.1) is 72.0 Å². The molecule has 18 heteroatoms. The van der Waals surface area contributed by atoms with Gasteiger partial charge in [0.15, 0.2) is 58.2 Å². The minimum absolute atomic E-state index is 0.0294. The van der Waals surface area contributed by atoms with Gasteiger partial charge in [0.05, 0.1) is 51.1 Å². The molecule has 4 nitrogen and oxygen atoms in total. The van der Waals surface area contributed by atoms with Crippen LogP contribution >= 0.6 is 63.7 Å².